The highest BCUT2D eigenvalue weighted by Crippen LogP contribution is 2.03. The highest BCUT2D eigenvalue weighted by molar-refractivity contribution is 5.26. The van der Waals surface area contributed by atoms with Crippen LogP contribution in [-0.2, 0) is 0 Å². The fourth-order valence-electron chi connectivity index (χ4n) is 0.640. The second-order valence-corrected chi connectivity index (χ2v) is 1.92. The van der Waals surface area contributed by atoms with Crippen LogP contribution in [0.15, 0.2) is 16.5 Å². The van der Waals surface area contributed by atoms with Gasteiger partial charge in [0.15, 0.2) is 5.76 Å². The molecule has 2 N–H and O–H groups in total. The molecule has 1 heterocycles. The van der Waals surface area contributed by atoms with Crippen LogP contribution in [0, 0.1) is 18.8 Å². The van der Waals surface area contributed by atoms with Crippen LogP contribution in [0.25, 0.3) is 0 Å². The van der Waals surface area contributed by atoms with Crippen LogP contribution in [0.5, 0.6) is 0 Å². The van der Waals surface area contributed by atoms with E-state index < -0.39 is 0 Å². The van der Waals surface area contributed by atoms with E-state index in [1.54, 1.807) is 0 Å². The predicted octanol–water partition coefficient (Wildman–Crippen LogP) is 0.898. The van der Waals surface area contributed by atoms with E-state index >= 15 is 0 Å². The molecule has 0 amide bonds. The smallest absolute Gasteiger partial charge is 0.177 e. The monoisotopic (exact) mass is 135 g/mol. The van der Waals surface area contributed by atoms with Gasteiger partial charge in [-0.25, -0.2) is 0 Å². The molecule has 2 heteroatoms. The lowest BCUT2D eigenvalue weighted by Gasteiger charge is -1.78. The zero-order valence-electron chi connectivity index (χ0n) is 5.85. The molecule has 0 aliphatic carbocycles. The maximum atomic E-state index is 5.17. The molecule has 0 aliphatic rings. The summed E-state index contributed by atoms with van der Waals surface area (Å²) in [6, 6.07) is 3.71. The molecule has 0 fully saturated rings. The zero-order valence-corrected chi connectivity index (χ0v) is 5.85. The van der Waals surface area contributed by atoms with Crippen molar-refractivity contribution in [3.05, 3.63) is 23.7 Å². The van der Waals surface area contributed by atoms with Crippen molar-refractivity contribution in [2.75, 3.05) is 6.54 Å². The van der Waals surface area contributed by atoms with Crippen LogP contribution in [0.1, 0.15) is 11.5 Å². The highest BCUT2D eigenvalue weighted by atomic mass is 16.3. The molecule has 0 unspecified atom stereocenters. The Morgan fingerprint density at radius 2 is 2.40 bits per heavy atom. The van der Waals surface area contributed by atoms with Crippen molar-refractivity contribution in [2.45, 2.75) is 6.92 Å². The van der Waals surface area contributed by atoms with Gasteiger partial charge >= 0.3 is 0 Å². The molecule has 10 heavy (non-hydrogen) atoms. The van der Waals surface area contributed by atoms with Gasteiger partial charge in [-0.1, -0.05) is 5.92 Å². The topological polar surface area (TPSA) is 39.2 Å². The third-order valence-electron chi connectivity index (χ3n) is 1.05. The van der Waals surface area contributed by atoms with Crippen LogP contribution >= 0.6 is 0 Å². The van der Waals surface area contributed by atoms with Gasteiger partial charge in [-0.2, -0.15) is 0 Å². The van der Waals surface area contributed by atoms with Crippen molar-refractivity contribution in [3.8, 4) is 11.8 Å². The van der Waals surface area contributed by atoms with Crippen molar-refractivity contribution in [1.82, 2.24) is 0 Å². The normalized spacial score (nSPS) is 8.60. The van der Waals surface area contributed by atoms with E-state index in [0.717, 1.165) is 5.76 Å². The van der Waals surface area contributed by atoms with Crippen molar-refractivity contribution in [1.29, 1.82) is 0 Å². The summed E-state index contributed by atoms with van der Waals surface area (Å²) in [7, 11) is 0. The molecule has 0 aliphatic heterocycles. The van der Waals surface area contributed by atoms with Gasteiger partial charge in [0.25, 0.3) is 0 Å². The number of furan rings is 1. The molecular formula is C8H9NO. The SMILES string of the molecule is Cc1ccc(C#CCN)o1. The van der Waals surface area contributed by atoms with Crippen molar-refractivity contribution < 1.29 is 4.42 Å². The third-order valence-corrected chi connectivity index (χ3v) is 1.05. The lowest BCUT2D eigenvalue weighted by atomic mass is 10.4. The number of hydrogen-bond acceptors (Lipinski definition) is 2. The molecule has 52 valence electrons. The Balaban J connectivity index is 2.76. The molecule has 0 bridgehead atoms. The van der Waals surface area contributed by atoms with E-state index in [9.17, 15) is 0 Å². The van der Waals surface area contributed by atoms with Gasteiger partial charge in [0.05, 0.1) is 6.54 Å². The first kappa shape index (κ1) is 6.91. The minimum absolute atomic E-state index is 0.375. The number of aryl methyl sites for hydroxylation is 1. The first-order valence-electron chi connectivity index (χ1n) is 3.08. The highest BCUT2D eigenvalue weighted by Gasteiger charge is 1.90. The fourth-order valence-corrected chi connectivity index (χ4v) is 0.640. The van der Waals surface area contributed by atoms with E-state index in [2.05, 4.69) is 11.8 Å². The summed E-state index contributed by atoms with van der Waals surface area (Å²) in [6.45, 7) is 2.26. The number of rotatable bonds is 0. The molecule has 1 aromatic rings. The lowest BCUT2D eigenvalue weighted by Crippen LogP contribution is -1.92. The molecule has 2 nitrogen and oxygen atoms in total. The van der Waals surface area contributed by atoms with E-state index in [4.69, 9.17) is 10.2 Å². The minimum atomic E-state index is 0.375. The van der Waals surface area contributed by atoms with Gasteiger partial charge < -0.3 is 10.2 Å². The maximum Gasteiger partial charge on any atom is 0.177 e. The largest absolute Gasteiger partial charge is 0.453 e. The zero-order chi connectivity index (χ0) is 7.40. The standard InChI is InChI=1S/C8H9NO/c1-7-4-5-8(10-7)3-2-6-9/h4-5H,6,9H2,1H3. The van der Waals surface area contributed by atoms with E-state index in [1.807, 2.05) is 19.1 Å². The summed E-state index contributed by atoms with van der Waals surface area (Å²) in [5.74, 6) is 7.04. The first-order chi connectivity index (χ1) is 4.83. The molecule has 1 rings (SSSR count). The Kier molecular flexibility index (Phi) is 2.14. The van der Waals surface area contributed by atoms with E-state index in [1.165, 1.54) is 0 Å². The number of nitrogens with two attached hydrogens (primary N) is 1. The Hall–Kier alpha value is -1.20. The summed E-state index contributed by atoms with van der Waals surface area (Å²) in [5.41, 5.74) is 5.17. The summed E-state index contributed by atoms with van der Waals surface area (Å²) in [5, 5.41) is 0. The van der Waals surface area contributed by atoms with Crippen molar-refractivity contribution in [3.63, 3.8) is 0 Å². The predicted molar refractivity (Wildman–Crippen MR) is 39.4 cm³/mol. The summed E-state index contributed by atoms with van der Waals surface area (Å²) in [4.78, 5) is 0. The number of hydrogen-bond donors (Lipinski definition) is 1. The van der Waals surface area contributed by atoms with E-state index in [-0.39, 0.29) is 0 Å². The lowest BCUT2D eigenvalue weighted by molar-refractivity contribution is 0.522. The van der Waals surface area contributed by atoms with Crippen LogP contribution in [-0.4, -0.2) is 6.54 Å². The average molecular weight is 135 g/mol. The summed E-state index contributed by atoms with van der Waals surface area (Å²) >= 11 is 0. The average Bonchev–Trinajstić information content (AvgIpc) is 2.31. The molecule has 0 radical (unpaired) electrons. The Morgan fingerprint density at radius 3 is 2.90 bits per heavy atom. The van der Waals surface area contributed by atoms with Crippen molar-refractivity contribution in [2.24, 2.45) is 5.73 Å². The van der Waals surface area contributed by atoms with Gasteiger partial charge in [0, 0.05) is 0 Å². The van der Waals surface area contributed by atoms with Gasteiger partial charge in [0.1, 0.15) is 5.76 Å². The second-order valence-electron chi connectivity index (χ2n) is 1.92. The summed E-state index contributed by atoms with van der Waals surface area (Å²) in [6.07, 6.45) is 0. The van der Waals surface area contributed by atoms with E-state index in [0.29, 0.717) is 12.3 Å². The Morgan fingerprint density at radius 1 is 1.60 bits per heavy atom. The molecule has 0 spiro atoms. The molecular weight excluding hydrogens is 126 g/mol. The quantitative estimate of drug-likeness (QED) is 0.537. The minimum Gasteiger partial charge on any atom is -0.453 e. The second kappa shape index (κ2) is 3.09. The van der Waals surface area contributed by atoms with Crippen LogP contribution < -0.4 is 5.73 Å². The Labute approximate surface area is 60.0 Å². The van der Waals surface area contributed by atoms with Gasteiger partial charge in [0.2, 0.25) is 0 Å². The Bertz CT molecular complexity index is 264. The van der Waals surface area contributed by atoms with Crippen LogP contribution in [0.2, 0.25) is 0 Å². The fraction of sp³-hybridized carbons (Fsp3) is 0.250. The molecule has 0 aromatic carbocycles. The molecule has 0 atom stereocenters. The third kappa shape index (κ3) is 1.64. The van der Waals surface area contributed by atoms with Gasteiger partial charge in [-0.15, -0.1) is 0 Å². The van der Waals surface area contributed by atoms with Crippen molar-refractivity contribution >= 4 is 0 Å². The maximum absolute atomic E-state index is 5.17. The summed E-state index contributed by atoms with van der Waals surface area (Å²) < 4.78 is 5.16. The van der Waals surface area contributed by atoms with Crippen LogP contribution in [0.4, 0.5) is 0 Å². The first-order valence-corrected chi connectivity index (χ1v) is 3.08. The molecule has 1 aromatic heterocycles. The molecule has 0 saturated heterocycles. The molecule has 0 saturated carbocycles. The van der Waals surface area contributed by atoms with Crippen LogP contribution in [0.3, 0.4) is 0 Å². The van der Waals surface area contributed by atoms with Gasteiger partial charge in [-0.3, -0.25) is 0 Å². The van der Waals surface area contributed by atoms with Gasteiger partial charge in [-0.05, 0) is 25.0 Å².